The van der Waals surface area contributed by atoms with Gasteiger partial charge in [-0.1, -0.05) is 43.6 Å². The molecule has 0 radical (unpaired) electrons. The smallest absolute Gasteiger partial charge is 0.123 e. The minimum atomic E-state index is 0.400. The normalized spacial score (nSPS) is 10.8. The van der Waals surface area contributed by atoms with Crippen molar-refractivity contribution >= 4 is 11.6 Å². The van der Waals surface area contributed by atoms with Crippen molar-refractivity contribution in [3.63, 3.8) is 0 Å². The van der Waals surface area contributed by atoms with E-state index in [1.54, 1.807) is 0 Å². The van der Waals surface area contributed by atoms with E-state index in [4.69, 9.17) is 26.8 Å². The van der Waals surface area contributed by atoms with E-state index in [9.17, 15) is 0 Å². The summed E-state index contributed by atoms with van der Waals surface area (Å²) < 4.78 is 11.4. The van der Waals surface area contributed by atoms with Crippen LogP contribution in [-0.2, 0) is 6.61 Å². The molecule has 0 unspecified atom stereocenters. The highest BCUT2D eigenvalue weighted by Crippen LogP contribution is 2.28. The molecule has 0 aliphatic heterocycles. The Labute approximate surface area is 137 Å². The Kier molecular flexibility index (Phi) is 6.10. The lowest BCUT2D eigenvalue weighted by atomic mass is 9.98. The summed E-state index contributed by atoms with van der Waals surface area (Å²) in [7, 11) is 0. The van der Waals surface area contributed by atoms with E-state index >= 15 is 0 Å². The SMILES string of the molecule is CC(C)c1cccc(Cl)c1COc1cccc(OCCN)c1. The van der Waals surface area contributed by atoms with E-state index in [0.29, 0.717) is 25.7 Å². The van der Waals surface area contributed by atoms with Gasteiger partial charge in [0.25, 0.3) is 0 Å². The number of hydrogen-bond acceptors (Lipinski definition) is 3. The molecule has 0 amide bonds. The van der Waals surface area contributed by atoms with E-state index in [1.165, 1.54) is 5.56 Å². The minimum absolute atomic E-state index is 0.400. The molecule has 0 heterocycles. The summed E-state index contributed by atoms with van der Waals surface area (Å²) >= 11 is 6.32. The van der Waals surface area contributed by atoms with Gasteiger partial charge in [-0.25, -0.2) is 0 Å². The zero-order chi connectivity index (χ0) is 15.9. The van der Waals surface area contributed by atoms with Crippen LogP contribution in [0.4, 0.5) is 0 Å². The van der Waals surface area contributed by atoms with Gasteiger partial charge in [0.1, 0.15) is 24.7 Å². The summed E-state index contributed by atoms with van der Waals surface area (Å²) in [5, 5.41) is 0.738. The molecular weight excluding hydrogens is 298 g/mol. The molecule has 2 aromatic carbocycles. The minimum Gasteiger partial charge on any atom is -0.492 e. The summed E-state index contributed by atoms with van der Waals surface area (Å²) in [6.45, 7) is 5.72. The largest absolute Gasteiger partial charge is 0.492 e. The zero-order valence-electron chi connectivity index (χ0n) is 13.0. The third-order valence-corrected chi connectivity index (χ3v) is 3.71. The Morgan fingerprint density at radius 1 is 1.05 bits per heavy atom. The average molecular weight is 320 g/mol. The molecule has 0 atom stereocenters. The third-order valence-electron chi connectivity index (χ3n) is 3.35. The Morgan fingerprint density at radius 3 is 2.41 bits per heavy atom. The topological polar surface area (TPSA) is 44.5 Å². The van der Waals surface area contributed by atoms with E-state index in [0.717, 1.165) is 22.1 Å². The van der Waals surface area contributed by atoms with Crippen molar-refractivity contribution < 1.29 is 9.47 Å². The highest BCUT2D eigenvalue weighted by Gasteiger charge is 2.11. The number of nitrogens with two attached hydrogens (primary N) is 1. The van der Waals surface area contributed by atoms with Crippen molar-refractivity contribution in [1.82, 2.24) is 0 Å². The van der Waals surface area contributed by atoms with Crippen LogP contribution < -0.4 is 15.2 Å². The average Bonchev–Trinajstić information content (AvgIpc) is 2.51. The quantitative estimate of drug-likeness (QED) is 0.823. The third kappa shape index (κ3) is 4.39. The van der Waals surface area contributed by atoms with E-state index in [1.807, 2.05) is 36.4 Å². The molecule has 0 aliphatic rings. The van der Waals surface area contributed by atoms with Gasteiger partial charge >= 0.3 is 0 Å². The maximum absolute atomic E-state index is 6.32. The van der Waals surface area contributed by atoms with Crippen LogP contribution in [0, 0.1) is 0 Å². The van der Waals surface area contributed by atoms with Gasteiger partial charge in [0.05, 0.1) is 0 Å². The van der Waals surface area contributed by atoms with Crippen molar-refractivity contribution in [2.45, 2.75) is 26.4 Å². The van der Waals surface area contributed by atoms with Crippen molar-refractivity contribution in [2.75, 3.05) is 13.2 Å². The van der Waals surface area contributed by atoms with Gasteiger partial charge < -0.3 is 15.2 Å². The van der Waals surface area contributed by atoms with Crippen LogP contribution in [0.1, 0.15) is 30.9 Å². The standard InChI is InChI=1S/C18H22ClNO2/c1-13(2)16-7-4-8-18(19)17(16)12-22-15-6-3-5-14(11-15)21-10-9-20/h3-8,11,13H,9-10,12,20H2,1-2H3. The Bertz CT molecular complexity index is 614. The Hall–Kier alpha value is -1.71. The molecule has 22 heavy (non-hydrogen) atoms. The van der Waals surface area contributed by atoms with Gasteiger partial charge in [0, 0.05) is 23.2 Å². The van der Waals surface area contributed by atoms with Crippen LogP contribution in [0.3, 0.4) is 0 Å². The van der Waals surface area contributed by atoms with E-state index in [2.05, 4.69) is 19.9 Å². The second-order valence-corrected chi connectivity index (χ2v) is 5.77. The Morgan fingerprint density at radius 2 is 1.73 bits per heavy atom. The zero-order valence-corrected chi connectivity index (χ0v) is 13.8. The monoisotopic (exact) mass is 319 g/mol. The summed E-state index contributed by atoms with van der Waals surface area (Å²) in [6, 6.07) is 13.5. The maximum Gasteiger partial charge on any atom is 0.123 e. The fraction of sp³-hybridized carbons (Fsp3) is 0.333. The van der Waals surface area contributed by atoms with Gasteiger partial charge in [0.15, 0.2) is 0 Å². The second-order valence-electron chi connectivity index (χ2n) is 5.36. The van der Waals surface area contributed by atoms with Crippen LogP contribution in [-0.4, -0.2) is 13.2 Å². The molecule has 0 spiro atoms. The molecule has 0 saturated carbocycles. The predicted molar refractivity (Wildman–Crippen MR) is 90.9 cm³/mol. The van der Waals surface area contributed by atoms with Crippen molar-refractivity contribution in [3.05, 3.63) is 58.6 Å². The van der Waals surface area contributed by atoms with Crippen LogP contribution in [0.2, 0.25) is 5.02 Å². The molecule has 0 bridgehead atoms. The summed E-state index contributed by atoms with van der Waals surface area (Å²) in [5.74, 6) is 1.91. The molecule has 2 rings (SSSR count). The van der Waals surface area contributed by atoms with Crippen LogP contribution in [0.25, 0.3) is 0 Å². The first-order chi connectivity index (χ1) is 10.6. The number of halogens is 1. The summed E-state index contributed by atoms with van der Waals surface area (Å²) in [5.41, 5.74) is 7.69. The highest BCUT2D eigenvalue weighted by atomic mass is 35.5. The molecule has 2 N–H and O–H groups in total. The number of hydrogen-bond donors (Lipinski definition) is 1. The van der Waals surface area contributed by atoms with Crippen molar-refractivity contribution in [2.24, 2.45) is 5.73 Å². The molecule has 0 aromatic heterocycles. The molecule has 2 aromatic rings. The first-order valence-electron chi connectivity index (χ1n) is 7.45. The number of rotatable bonds is 7. The fourth-order valence-corrected chi connectivity index (χ4v) is 2.49. The fourth-order valence-electron chi connectivity index (χ4n) is 2.25. The molecule has 3 nitrogen and oxygen atoms in total. The first-order valence-corrected chi connectivity index (χ1v) is 7.82. The van der Waals surface area contributed by atoms with Gasteiger partial charge in [0.2, 0.25) is 0 Å². The maximum atomic E-state index is 6.32. The lowest BCUT2D eigenvalue weighted by molar-refractivity contribution is 0.296. The molecule has 0 saturated heterocycles. The lowest BCUT2D eigenvalue weighted by Crippen LogP contribution is -2.10. The number of ether oxygens (including phenoxy) is 2. The molecule has 118 valence electrons. The van der Waals surface area contributed by atoms with Crippen LogP contribution in [0.15, 0.2) is 42.5 Å². The van der Waals surface area contributed by atoms with Gasteiger partial charge in [-0.3, -0.25) is 0 Å². The number of benzene rings is 2. The molecule has 0 fully saturated rings. The van der Waals surface area contributed by atoms with Gasteiger partial charge in [-0.15, -0.1) is 0 Å². The van der Waals surface area contributed by atoms with Crippen LogP contribution in [0.5, 0.6) is 11.5 Å². The van der Waals surface area contributed by atoms with Crippen molar-refractivity contribution in [1.29, 1.82) is 0 Å². The van der Waals surface area contributed by atoms with E-state index < -0.39 is 0 Å². The highest BCUT2D eigenvalue weighted by molar-refractivity contribution is 6.31. The first kappa shape index (κ1) is 16.7. The summed E-state index contributed by atoms with van der Waals surface area (Å²) in [4.78, 5) is 0. The van der Waals surface area contributed by atoms with E-state index in [-0.39, 0.29) is 0 Å². The predicted octanol–water partition coefficient (Wildman–Crippen LogP) is 4.38. The van der Waals surface area contributed by atoms with Gasteiger partial charge in [-0.2, -0.15) is 0 Å². The summed E-state index contributed by atoms with van der Waals surface area (Å²) in [6.07, 6.45) is 0. The second kappa shape index (κ2) is 8.06. The lowest BCUT2D eigenvalue weighted by Gasteiger charge is -2.15. The molecule has 0 aliphatic carbocycles. The molecular formula is C18H22ClNO2. The van der Waals surface area contributed by atoms with Gasteiger partial charge in [-0.05, 0) is 29.7 Å². The van der Waals surface area contributed by atoms with Crippen LogP contribution >= 0.6 is 11.6 Å². The Balaban J connectivity index is 2.10. The molecule has 4 heteroatoms. The van der Waals surface area contributed by atoms with Crippen molar-refractivity contribution in [3.8, 4) is 11.5 Å².